The Bertz CT molecular complexity index is 515. The molecule has 7 heteroatoms. The molecule has 1 amide bonds. The van der Waals surface area contributed by atoms with Crippen molar-refractivity contribution in [2.24, 2.45) is 0 Å². The smallest absolute Gasteiger partial charge is 0.309 e. The third kappa shape index (κ3) is 3.53. The van der Waals surface area contributed by atoms with Crippen molar-refractivity contribution in [3.05, 3.63) is 38.7 Å². The third-order valence-electron chi connectivity index (χ3n) is 2.25. The van der Waals surface area contributed by atoms with Gasteiger partial charge in [-0.3, -0.25) is 14.9 Å². The van der Waals surface area contributed by atoms with Crippen LogP contribution >= 0.6 is 11.6 Å². The Morgan fingerprint density at radius 1 is 1.67 bits per heavy atom. The van der Waals surface area contributed by atoms with Crippen LogP contribution in [0.3, 0.4) is 0 Å². The minimum atomic E-state index is -0.560. The van der Waals surface area contributed by atoms with Gasteiger partial charge in [0.1, 0.15) is 0 Å². The van der Waals surface area contributed by atoms with Gasteiger partial charge in [-0.05, 0) is 6.92 Å². The van der Waals surface area contributed by atoms with E-state index in [1.54, 1.807) is 19.1 Å². The van der Waals surface area contributed by atoms with E-state index >= 15 is 0 Å². The van der Waals surface area contributed by atoms with Gasteiger partial charge in [0.15, 0.2) is 0 Å². The van der Waals surface area contributed by atoms with Crippen LogP contribution in [-0.4, -0.2) is 22.4 Å². The lowest BCUT2D eigenvalue weighted by atomic mass is 10.1. The van der Waals surface area contributed by atoms with Crippen LogP contribution in [0.25, 0.3) is 6.08 Å². The number of aromatic nitrogens is 1. The number of halogens is 1. The Morgan fingerprint density at radius 2 is 2.33 bits per heavy atom. The zero-order valence-electron chi connectivity index (χ0n) is 9.94. The maximum atomic E-state index is 10.8. The summed E-state index contributed by atoms with van der Waals surface area (Å²) < 4.78 is 0. The Kier molecular flexibility index (Phi) is 4.79. The van der Waals surface area contributed by atoms with Gasteiger partial charge in [-0.25, -0.2) is 4.98 Å². The van der Waals surface area contributed by atoms with Gasteiger partial charge in [0.25, 0.3) is 0 Å². The molecule has 18 heavy (non-hydrogen) atoms. The van der Waals surface area contributed by atoms with Gasteiger partial charge in [-0.2, -0.15) is 0 Å². The normalized spacial score (nSPS) is 10.6. The van der Waals surface area contributed by atoms with E-state index in [1.165, 1.54) is 13.1 Å². The predicted molar refractivity (Wildman–Crippen MR) is 68.4 cm³/mol. The molecule has 96 valence electrons. The van der Waals surface area contributed by atoms with E-state index in [4.69, 9.17) is 11.6 Å². The first-order chi connectivity index (χ1) is 8.43. The first-order valence-electron chi connectivity index (χ1n) is 5.14. The highest BCUT2D eigenvalue weighted by Crippen LogP contribution is 2.28. The van der Waals surface area contributed by atoms with Crippen LogP contribution in [0.1, 0.15) is 18.1 Å². The minimum Gasteiger partial charge on any atom is -0.353 e. The number of nitrogens with zero attached hydrogens (tertiary/aromatic N) is 2. The lowest BCUT2D eigenvalue weighted by molar-refractivity contribution is -0.385. The number of hydrogen-bond donors (Lipinski definition) is 1. The molecule has 6 nitrogen and oxygen atoms in total. The fourth-order valence-corrected chi connectivity index (χ4v) is 1.60. The van der Waals surface area contributed by atoms with Gasteiger partial charge in [-0.15, -0.1) is 0 Å². The van der Waals surface area contributed by atoms with Crippen molar-refractivity contribution in [3.63, 3.8) is 0 Å². The molecule has 0 spiro atoms. The maximum absolute atomic E-state index is 10.8. The van der Waals surface area contributed by atoms with Crippen LogP contribution in [0.2, 0.25) is 5.15 Å². The van der Waals surface area contributed by atoms with Crippen molar-refractivity contribution in [1.29, 1.82) is 0 Å². The third-order valence-corrected chi connectivity index (χ3v) is 2.53. The summed E-state index contributed by atoms with van der Waals surface area (Å²) >= 11 is 5.67. The average molecular weight is 270 g/mol. The highest BCUT2D eigenvalue weighted by Gasteiger charge is 2.19. The van der Waals surface area contributed by atoms with Crippen molar-refractivity contribution in [2.75, 3.05) is 6.54 Å². The van der Waals surface area contributed by atoms with Gasteiger partial charge in [0.05, 0.1) is 4.92 Å². The number of hydrogen-bond acceptors (Lipinski definition) is 4. The van der Waals surface area contributed by atoms with Crippen LogP contribution in [0, 0.1) is 17.0 Å². The lowest BCUT2D eigenvalue weighted by Gasteiger charge is -2.02. The largest absolute Gasteiger partial charge is 0.353 e. The van der Waals surface area contributed by atoms with Crippen molar-refractivity contribution < 1.29 is 9.72 Å². The second-order valence-electron chi connectivity index (χ2n) is 3.57. The Morgan fingerprint density at radius 3 is 2.89 bits per heavy atom. The zero-order chi connectivity index (χ0) is 13.7. The molecule has 0 saturated carbocycles. The van der Waals surface area contributed by atoms with Crippen LogP contribution < -0.4 is 5.32 Å². The molecule has 1 heterocycles. The van der Waals surface area contributed by atoms with E-state index in [2.05, 4.69) is 10.3 Å². The number of nitro groups is 1. The van der Waals surface area contributed by atoms with Crippen molar-refractivity contribution in [1.82, 2.24) is 10.3 Å². The molecule has 0 aliphatic rings. The predicted octanol–water partition coefficient (Wildman–Crippen LogP) is 2.10. The number of carbonyl (C=O) groups excluding carboxylic acids is 1. The van der Waals surface area contributed by atoms with Crippen LogP contribution in [0.5, 0.6) is 0 Å². The SMILES string of the molecule is CC(=O)NCC=Cc1cnc(Cl)c([N+](=O)[O-])c1C. The molecule has 0 saturated heterocycles. The Labute approximate surface area is 109 Å². The molecule has 1 aromatic heterocycles. The van der Waals surface area contributed by atoms with Crippen molar-refractivity contribution >= 4 is 29.3 Å². The molecular formula is C11H12ClN3O3. The van der Waals surface area contributed by atoms with Gasteiger partial charge in [0.2, 0.25) is 11.1 Å². The summed E-state index contributed by atoms with van der Waals surface area (Å²) in [5.74, 6) is -0.142. The average Bonchev–Trinajstić information content (AvgIpc) is 2.26. The summed E-state index contributed by atoms with van der Waals surface area (Å²) in [6.07, 6.45) is 4.79. The summed E-state index contributed by atoms with van der Waals surface area (Å²) in [7, 11) is 0. The van der Waals surface area contributed by atoms with Crippen LogP contribution in [0.4, 0.5) is 5.69 Å². The van der Waals surface area contributed by atoms with E-state index in [9.17, 15) is 14.9 Å². The molecule has 1 rings (SSSR count). The topological polar surface area (TPSA) is 85.1 Å². The van der Waals surface area contributed by atoms with Crippen LogP contribution in [-0.2, 0) is 4.79 Å². The van der Waals surface area contributed by atoms with E-state index in [1.807, 2.05) is 0 Å². The molecule has 0 aliphatic carbocycles. The summed E-state index contributed by atoms with van der Waals surface area (Å²) in [5, 5.41) is 13.3. The Hall–Kier alpha value is -1.95. The maximum Gasteiger partial charge on any atom is 0.309 e. The monoisotopic (exact) mass is 269 g/mol. The molecular weight excluding hydrogens is 258 g/mol. The lowest BCUT2D eigenvalue weighted by Crippen LogP contribution is -2.19. The molecule has 0 radical (unpaired) electrons. The van der Waals surface area contributed by atoms with Crippen molar-refractivity contribution in [2.45, 2.75) is 13.8 Å². The minimum absolute atomic E-state index is 0.128. The molecule has 1 N–H and O–H groups in total. The first kappa shape index (κ1) is 14.1. The fraction of sp³-hybridized carbons (Fsp3) is 0.273. The number of pyridine rings is 1. The molecule has 0 aromatic carbocycles. The van der Waals surface area contributed by atoms with Gasteiger partial charge in [0, 0.05) is 30.8 Å². The highest BCUT2D eigenvalue weighted by atomic mass is 35.5. The summed E-state index contributed by atoms with van der Waals surface area (Å²) in [6, 6.07) is 0. The van der Waals surface area contributed by atoms with E-state index in [0.29, 0.717) is 17.7 Å². The highest BCUT2D eigenvalue weighted by molar-refractivity contribution is 6.31. The van der Waals surface area contributed by atoms with E-state index < -0.39 is 4.92 Å². The molecule has 1 aromatic rings. The number of nitrogens with one attached hydrogen (secondary N) is 1. The summed E-state index contributed by atoms with van der Waals surface area (Å²) in [5.41, 5.74) is 0.842. The van der Waals surface area contributed by atoms with Gasteiger partial charge in [-0.1, -0.05) is 23.8 Å². The fourth-order valence-electron chi connectivity index (χ4n) is 1.34. The number of amides is 1. The van der Waals surface area contributed by atoms with Gasteiger partial charge < -0.3 is 5.32 Å². The summed E-state index contributed by atoms with van der Waals surface area (Å²) in [6.45, 7) is 3.36. The zero-order valence-corrected chi connectivity index (χ0v) is 10.7. The standard InChI is InChI=1S/C11H12ClN3O3/c1-7-9(4-3-5-13-8(2)16)6-14-11(12)10(7)15(17)18/h3-4,6H,5H2,1-2H3,(H,13,16). The van der Waals surface area contributed by atoms with Crippen LogP contribution in [0.15, 0.2) is 12.3 Å². The molecule has 0 fully saturated rings. The van der Waals surface area contributed by atoms with Crippen molar-refractivity contribution in [3.8, 4) is 0 Å². The second-order valence-corrected chi connectivity index (χ2v) is 3.93. The van der Waals surface area contributed by atoms with Gasteiger partial charge >= 0.3 is 5.69 Å². The number of carbonyl (C=O) groups is 1. The summed E-state index contributed by atoms with van der Waals surface area (Å²) in [4.78, 5) is 24.7. The van der Waals surface area contributed by atoms with E-state index in [0.717, 1.165) is 0 Å². The van der Waals surface area contributed by atoms with E-state index in [-0.39, 0.29) is 16.7 Å². The quantitative estimate of drug-likeness (QED) is 0.515. The Balaban J connectivity index is 2.94. The molecule has 0 atom stereocenters. The first-order valence-corrected chi connectivity index (χ1v) is 5.51. The molecule has 0 aliphatic heterocycles. The number of rotatable bonds is 4. The second kappa shape index (κ2) is 6.11. The molecule has 0 bridgehead atoms. The molecule has 0 unspecified atom stereocenters.